The number of ether oxygens (including phenoxy) is 1. The van der Waals surface area contributed by atoms with Crippen molar-refractivity contribution in [3.05, 3.63) is 35.4 Å². The number of carbonyl (C=O) groups is 1. The Labute approximate surface area is 123 Å². The number of thioether (sulfide) groups is 1. The molecule has 0 atom stereocenters. The van der Waals surface area contributed by atoms with Gasteiger partial charge < -0.3 is 10.5 Å². The van der Waals surface area contributed by atoms with Gasteiger partial charge in [-0.1, -0.05) is 50.3 Å². The van der Waals surface area contributed by atoms with E-state index in [0.29, 0.717) is 29.0 Å². The molecule has 0 radical (unpaired) electrons. The Morgan fingerprint density at radius 3 is 2.74 bits per heavy atom. The van der Waals surface area contributed by atoms with Gasteiger partial charge in [-0.05, 0) is 11.5 Å². The number of thiocarbonyl (C=S) groups is 1. The molecule has 0 aliphatic heterocycles. The van der Waals surface area contributed by atoms with E-state index in [-0.39, 0.29) is 5.97 Å². The molecule has 0 aliphatic carbocycles. The van der Waals surface area contributed by atoms with Crippen molar-refractivity contribution in [2.24, 2.45) is 11.7 Å². The SMILES string of the molecule is CC(C)COC(=O)CSCc1ccccc1C(N)=S. The van der Waals surface area contributed by atoms with E-state index in [1.165, 1.54) is 11.8 Å². The fourth-order valence-corrected chi connectivity index (χ4v) is 2.45. The zero-order valence-electron chi connectivity index (χ0n) is 11.2. The Bertz CT molecular complexity index is 447. The van der Waals surface area contributed by atoms with Gasteiger partial charge in [-0.3, -0.25) is 4.79 Å². The minimum absolute atomic E-state index is 0.175. The second-order valence-electron chi connectivity index (χ2n) is 4.59. The minimum atomic E-state index is -0.175. The van der Waals surface area contributed by atoms with Crippen LogP contribution in [-0.2, 0) is 15.3 Å². The number of benzene rings is 1. The molecule has 0 bridgehead atoms. The normalized spacial score (nSPS) is 10.5. The highest BCUT2D eigenvalue weighted by Gasteiger charge is 2.07. The van der Waals surface area contributed by atoms with E-state index in [4.69, 9.17) is 22.7 Å². The van der Waals surface area contributed by atoms with Crippen molar-refractivity contribution in [1.29, 1.82) is 0 Å². The van der Waals surface area contributed by atoms with Gasteiger partial charge in [0.05, 0.1) is 12.4 Å². The highest BCUT2D eigenvalue weighted by molar-refractivity contribution is 7.99. The summed E-state index contributed by atoms with van der Waals surface area (Å²) in [6.07, 6.45) is 0. The summed E-state index contributed by atoms with van der Waals surface area (Å²) < 4.78 is 5.11. The maximum Gasteiger partial charge on any atom is 0.315 e. The van der Waals surface area contributed by atoms with Crippen molar-refractivity contribution >= 4 is 34.9 Å². The van der Waals surface area contributed by atoms with Crippen LogP contribution in [0.5, 0.6) is 0 Å². The number of nitrogens with two attached hydrogens (primary N) is 1. The molecule has 1 rings (SSSR count). The molecule has 1 aromatic carbocycles. The van der Waals surface area contributed by atoms with Gasteiger partial charge in [-0.2, -0.15) is 0 Å². The molecule has 0 saturated heterocycles. The highest BCUT2D eigenvalue weighted by atomic mass is 32.2. The van der Waals surface area contributed by atoms with E-state index in [9.17, 15) is 4.79 Å². The van der Waals surface area contributed by atoms with Crippen molar-refractivity contribution in [3.63, 3.8) is 0 Å². The van der Waals surface area contributed by atoms with E-state index in [2.05, 4.69) is 0 Å². The zero-order valence-corrected chi connectivity index (χ0v) is 12.9. The molecule has 104 valence electrons. The molecule has 1 aromatic rings. The molecule has 0 fully saturated rings. The van der Waals surface area contributed by atoms with Crippen LogP contribution in [0, 0.1) is 5.92 Å². The highest BCUT2D eigenvalue weighted by Crippen LogP contribution is 2.17. The molecule has 0 amide bonds. The van der Waals surface area contributed by atoms with Crippen LogP contribution in [-0.4, -0.2) is 23.3 Å². The molecule has 0 unspecified atom stereocenters. The second kappa shape index (κ2) is 8.17. The Morgan fingerprint density at radius 1 is 1.42 bits per heavy atom. The monoisotopic (exact) mass is 297 g/mol. The Hall–Kier alpha value is -1.07. The van der Waals surface area contributed by atoms with E-state index in [1.807, 2.05) is 38.1 Å². The second-order valence-corrected chi connectivity index (χ2v) is 6.02. The average Bonchev–Trinajstić information content (AvgIpc) is 2.36. The molecule has 0 aliphatic rings. The summed E-state index contributed by atoms with van der Waals surface area (Å²) in [4.78, 5) is 11.9. The van der Waals surface area contributed by atoms with Crippen LogP contribution in [0.1, 0.15) is 25.0 Å². The first-order valence-electron chi connectivity index (χ1n) is 6.11. The third-order valence-corrected chi connectivity index (χ3v) is 3.51. The van der Waals surface area contributed by atoms with Crippen molar-refractivity contribution in [1.82, 2.24) is 0 Å². The topological polar surface area (TPSA) is 52.3 Å². The van der Waals surface area contributed by atoms with Gasteiger partial charge >= 0.3 is 5.97 Å². The molecular formula is C14H19NO2S2. The summed E-state index contributed by atoms with van der Waals surface area (Å²) in [5.74, 6) is 1.23. The quantitative estimate of drug-likeness (QED) is 0.619. The van der Waals surface area contributed by atoms with Gasteiger partial charge in [0.1, 0.15) is 4.99 Å². The van der Waals surface area contributed by atoms with Gasteiger partial charge in [0, 0.05) is 11.3 Å². The maximum absolute atomic E-state index is 11.5. The van der Waals surface area contributed by atoms with Crippen LogP contribution in [0.15, 0.2) is 24.3 Å². The van der Waals surface area contributed by atoms with Gasteiger partial charge in [0.15, 0.2) is 0 Å². The fourth-order valence-electron chi connectivity index (χ4n) is 1.43. The van der Waals surface area contributed by atoms with E-state index < -0.39 is 0 Å². The smallest absolute Gasteiger partial charge is 0.315 e. The molecular weight excluding hydrogens is 278 g/mol. The maximum atomic E-state index is 11.5. The number of hydrogen-bond donors (Lipinski definition) is 1. The first-order valence-corrected chi connectivity index (χ1v) is 7.68. The van der Waals surface area contributed by atoms with Crippen LogP contribution >= 0.6 is 24.0 Å². The van der Waals surface area contributed by atoms with Gasteiger partial charge in [0.25, 0.3) is 0 Å². The number of esters is 1. The van der Waals surface area contributed by atoms with Crippen molar-refractivity contribution in [2.75, 3.05) is 12.4 Å². The van der Waals surface area contributed by atoms with Crippen molar-refractivity contribution in [3.8, 4) is 0 Å². The first kappa shape index (κ1) is 16.0. The molecule has 0 heterocycles. The van der Waals surface area contributed by atoms with Crippen LogP contribution in [0.3, 0.4) is 0 Å². The summed E-state index contributed by atoms with van der Waals surface area (Å²) >= 11 is 6.51. The molecule has 0 aromatic heterocycles. The van der Waals surface area contributed by atoms with Gasteiger partial charge in [-0.25, -0.2) is 0 Å². The predicted octanol–water partition coefficient (Wildman–Crippen LogP) is 2.75. The Morgan fingerprint density at radius 2 is 2.11 bits per heavy atom. The lowest BCUT2D eigenvalue weighted by Gasteiger charge is -2.09. The average molecular weight is 297 g/mol. The first-order chi connectivity index (χ1) is 9.00. The fraction of sp³-hybridized carbons (Fsp3) is 0.429. The zero-order chi connectivity index (χ0) is 14.3. The summed E-state index contributed by atoms with van der Waals surface area (Å²) in [7, 11) is 0. The predicted molar refractivity (Wildman–Crippen MR) is 84.3 cm³/mol. The lowest BCUT2D eigenvalue weighted by Crippen LogP contribution is -2.13. The van der Waals surface area contributed by atoms with Crippen molar-refractivity contribution in [2.45, 2.75) is 19.6 Å². The minimum Gasteiger partial charge on any atom is -0.465 e. The van der Waals surface area contributed by atoms with Crippen molar-refractivity contribution < 1.29 is 9.53 Å². The van der Waals surface area contributed by atoms with E-state index >= 15 is 0 Å². The Balaban J connectivity index is 2.41. The van der Waals surface area contributed by atoms with Crippen LogP contribution in [0.4, 0.5) is 0 Å². The van der Waals surface area contributed by atoms with Gasteiger partial charge in [-0.15, -0.1) is 11.8 Å². The largest absolute Gasteiger partial charge is 0.465 e. The molecule has 5 heteroatoms. The molecule has 2 N–H and O–H groups in total. The van der Waals surface area contributed by atoms with Crippen LogP contribution in [0.25, 0.3) is 0 Å². The Kier molecular flexibility index (Phi) is 6.87. The number of hydrogen-bond acceptors (Lipinski definition) is 4. The van der Waals surface area contributed by atoms with E-state index in [0.717, 1.165) is 11.1 Å². The molecule has 19 heavy (non-hydrogen) atoms. The number of rotatable bonds is 7. The standard InChI is InChI=1S/C14H19NO2S2/c1-10(2)7-17-13(16)9-19-8-11-5-3-4-6-12(11)14(15)18/h3-6,10H,7-9H2,1-2H3,(H2,15,18). The lowest BCUT2D eigenvalue weighted by atomic mass is 10.1. The molecule has 0 saturated carbocycles. The van der Waals surface area contributed by atoms with Crippen LogP contribution < -0.4 is 5.73 Å². The summed E-state index contributed by atoms with van der Waals surface area (Å²) in [5, 5.41) is 0. The molecule has 0 spiro atoms. The van der Waals surface area contributed by atoms with Gasteiger partial charge in [0.2, 0.25) is 0 Å². The molecule has 3 nitrogen and oxygen atoms in total. The summed E-state index contributed by atoms with van der Waals surface area (Å²) in [5.41, 5.74) is 7.59. The lowest BCUT2D eigenvalue weighted by molar-refractivity contribution is -0.141. The summed E-state index contributed by atoms with van der Waals surface area (Å²) in [6.45, 7) is 4.50. The summed E-state index contributed by atoms with van der Waals surface area (Å²) in [6, 6.07) is 7.71. The number of carbonyl (C=O) groups excluding carboxylic acids is 1. The third-order valence-electron chi connectivity index (χ3n) is 2.34. The van der Waals surface area contributed by atoms with Crippen LogP contribution in [0.2, 0.25) is 0 Å². The third kappa shape index (κ3) is 6.07. The van der Waals surface area contributed by atoms with E-state index in [1.54, 1.807) is 0 Å².